The lowest BCUT2D eigenvalue weighted by atomic mass is 10.2. The molecule has 2 saturated heterocycles. The maximum atomic E-state index is 12.3. The second kappa shape index (κ2) is 9.62. The van der Waals surface area contributed by atoms with Crippen LogP contribution >= 0.6 is 0 Å². The zero-order valence-electron chi connectivity index (χ0n) is 15.8. The van der Waals surface area contributed by atoms with Crippen LogP contribution in [0.3, 0.4) is 0 Å². The van der Waals surface area contributed by atoms with Crippen molar-refractivity contribution < 1.29 is 9.21 Å². The van der Waals surface area contributed by atoms with Crippen molar-refractivity contribution in [3.8, 4) is 0 Å². The number of nitrogens with zero attached hydrogens (tertiary/aromatic N) is 4. The van der Waals surface area contributed by atoms with Crippen molar-refractivity contribution in [1.29, 1.82) is 0 Å². The molecule has 0 unspecified atom stereocenters. The first kappa shape index (κ1) is 18.8. The molecule has 1 aromatic rings. The lowest BCUT2D eigenvalue weighted by molar-refractivity contribution is 0.0657. The van der Waals surface area contributed by atoms with Crippen LogP contribution in [-0.2, 0) is 0 Å². The quantitative estimate of drug-likeness (QED) is 0.650. The Labute approximate surface area is 156 Å². The molecule has 0 saturated carbocycles. The molecule has 3 rings (SSSR count). The molecule has 1 aromatic heterocycles. The molecule has 2 aliphatic heterocycles. The second-order valence-corrected chi connectivity index (χ2v) is 6.99. The van der Waals surface area contributed by atoms with E-state index in [1.807, 2.05) is 11.9 Å². The first-order chi connectivity index (χ1) is 12.8. The van der Waals surface area contributed by atoms with Gasteiger partial charge in [0, 0.05) is 46.3 Å². The maximum Gasteiger partial charge on any atom is 0.289 e. The van der Waals surface area contributed by atoms with Gasteiger partial charge in [0.1, 0.15) is 0 Å². The number of carbonyl (C=O) groups is 1. The summed E-state index contributed by atoms with van der Waals surface area (Å²) in [6.07, 6.45) is 6.92. The smallest absolute Gasteiger partial charge is 0.289 e. The molecule has 1 amide bonds. The van der Waals surface area contributed by atoms with E-state index in [4.69, 9.17) is 4.42 Å². The summed E-state index contributed by atoms with van der Waals surface area (Å²) in [6, 6.07) is 3.47. The van der Waals surface area contributed by atoms with E-state index in [0.29, 0.717) is 18.8 Å². The van der Waals surface area contributed by atoms with Crippen molar-refractivity contribution in [2.45, 2.75) is 25.7 Å². The third-order valence-corrected chi connectivity index (χ3v) is 5.22. The maximum absolute atomic E-state index is 12.3. The Kier molecular flexibility index (Phi) is 6.94. The van der Waals surface area contributed by atoms with Gasteiger partial charge in [0.2, 0.25) is 0 Å². The van der Waals surface area contributed by atoms with Gasteiger partial charge >= 0.3 is 0 Å². The van der Waals surface area contributed by atoms with Crippen LogP contribution in [0.15, 0.2) is 27.8 Å². The Morgan fingerprint density at radius 3 is 2.38 bits per heavy atom. The molecule has 3 heterocycles. The number of nitrogens with one attached hydrogen (secondary N) is 1. The minimum atomic E-state index is -0.0289. The summed E-state index contributed by atoms with van der Waals surface area (Å²) < 4.78 is 5.22. The summed E-state index contributed by atoms with van der Waals surface area (Å²) >= 11 is 0. The normalized spacial score (nSPS) is 20.1. The van der Waals surface area contributed by atoms with Crippen molar-refractivity contribution in [2.75, 3.05) is 59.4 Å². The van der Waals surface area contributed by atoms with Crippen molar-refractivity contribution in [3.63, 3.8) is 0 Å². The van der Waals surface area contributed by atoms with Gasteiger partial charge in [-0.25, -0.2) is 0 Å². The van der Waals surface area contributed by atoms with E-state index in [1.54, 1.807) is 18.4 Å². The summed E-state index contributed by atoms with van der Waals surface area (Å²) in [7, 11) is 1.83. The number of hydrogen-bond donors (Lipinski definition) is 1. The van der Waals surface area contributed by atoms with E-state index >= 15 is 0 Å². The van der Waals surface area contributed by atoms with E-state index in [2.05, 4.69) is 20.1 Å². The van der Waals surface area contributed by atoms with E-state index < -0.39 is 0 Å². The zero-order chi connectivity index (χ0) is 18.2. The Morgan fingerprint density at radius 1 is 1.08 bits per heavy atom. The molecule has 26 heavy (non-hydrogen) atoms. The molecule has 0 radical (unpaired) electrons. The van der Waals surface area contributed by atoms with Crippen LogP contribution in [0.4, 0.5) is 0 Å². The average molecular weight is 361 g/mol. The van der Waals surface area contributed by atoms with Gasteiger partial charge in [-0.1, -0.05) is 12.8 Å². The SMILES string of the molecule is CN=C(NCCN1CCCCCC1)N1CCN(C(=O)c2ccco2)CC1. The van der Waals surface area contributed by atoms with Gasteiger partial charge in [0.05, 0.1) is 6.26 Å². The van der Waals surface area contributed by atoms with E-state index in [-0.39, 0.29) is 5.91 Å². The number of amides is 1. The summed E-state index contributed by atoms with van der Waals surface area (Å²) in [5, 5.41) is 3.49. The van der Waals surface area contributed by atoms with Gasteiger partial charge in [-0.15, -0.1) is 0 Å². The Balaban J connectivity index is 1.41. The van der Waals surface area contributed by atoms with Gasteiger partial charge < -0.3 is 24.4 Å². The summed E-state index contributed by atoms with van der Waals surface area (Å²) in [5.41, 5.74) is 0. The van der Waals surface area contributed by atoms with Gasteiger partial charge in [0.25, 0.3) is 5.91 Å². The van der Waals surface area contributed by atoms with Gasteiger partial charge in [-0.2, -0.15) is 0 Å². The van der Waals surface area contributed by atoms with Crippen molar-refractivity contribution in [2.24, 2.45) is 4.99 Å². The highest BCUT2D eigenvalue weighted by Gasteiger charge is 2.25. The van der Waals surface area contributed by atoms with Crippen LogP contribution < -0.4 is 5.32 Å². The monoisotopic (exact) mass is 361 g/mol. The number of hydrogen-bond acceptors (Lipinski definition) is 4. The number of carbonyl (C=O) groups excluding carboxylic acids is 1. The molecule has 0 aromatic carbocycles. The van der Waals surface area contributed by atoms with Crippen LogP contribution in [0, 0.1) is 0 Å². The fourth-order valence-corrected chi connectivity index (χ4v) is 3.70. The highest BCUT2D eigenvalue weighted by Crippen LogP contribution is 2.10. The largest absolute Gasteiger partial charge is 0.459 e. The minimum absolute atomic E-state index is 0.0289. The minimum Gasteiger partial charge on any atom is -0.459 e. The number of guanidine groups is 1. The molecule has 0 aliphatic carbocycles. The first-order valence-corrected chi connectivity index (χ1v) is 9.78. The molecule has 7 heteroatoms. The third kappa shape index (κ3) is 5.00. The zero-order valence-corrected chi connectivity index (χ0v) is 15.8. The predicted molar refractivity (Wildman–Crippen MR) is 102 cm³/mol. The van der Waals surface area contributed by atoms with E-state index in [9.17, 15) is 4.79 Å². The number of furan rings is 1. The third-order valence-electron chi connectivity index (χ3n) is 5.22. The van der Waals surface area contributed by atoms with Gasteiger partial charge in [-0.3, -0.25) is 9.79 Å². The van der Waals surface area contributed by atoms with Crippen LogP contribution in [0.2, 0.25) is 0 Å². The second-order valence-electron chi connectivity index (χ2n) is 6.99. The Bertz CT molecular complexity index is 571. The van der Waals surface area contributed by atoms with Crippen molar-refractivity contribution >= 4 is 11.9 Å². The standard InChI is InChI=1S/C19H31N5O2/c1-20-19(21-8-11-22-9-4-2-3-5-10-22)24-14-12-23(13-15-24)18(25)17-7-6-16-26-17/h6-7,16H,2-5,8-15H2,1H3,(H,20,21). The molecule has 1 N–H and O–H groups in total. The lowest BCUT2D eigenvalue weighted by Crippen LogP contribution is -2.54. The lowest BCUT2D eigenvalue weighted by Gasteiger charge is -2.36. The average Bonchev–Trinajstić information content (AvgIpc) is 3.09. The highest BCUT2D eigenvalue weighted by molar-refractivity contribution is 5.91. The van der Waals surface area contributed by atoms with Crippen LogP contribution in [0.25, 0.3) is 0 Å². The first-order valence-electron chi connectivity index (χ1n) is 9.78. The van der Waals surface area contributed by atoms with Crippen LogP contribution in [-0.4, -0.2) is 86.0 Å². The fourth-order valence-electron chi connectivity index (χ4n) is 3.70. The molecule has 7 nitrogen and oxygen atoms in total. The Morgan fingerprint density at radius 2 is 1.77 bits per heavy atom. The summed E-state index contributed by atoms with van der Waals surface area (Å²) in [5.74, 6) is 1.32. The topological polar surface area (TPSA) is 64.3 Å². The molecule has 0 atom stereocenters. The molecular formula is C19H31N5O2. The molecular weight excluding hydrogens is 330 g/mol. The highest BCUT2D eigenvalue weighted by atomic mass is 16.3. The van der Waals surface area contributed by atoms with E-state index in [0.717, 1.165) is 32.1 Å². The van der Waals surface area contributed by atoms with E-state index in [1.165, 1.54) is 38.8 Å². The molecule has 0 spiro atoms. The van der Waals surface area contributed by atoms with Crippen LogP contribution in [0.5, 0.6) is 0 Å². The van der Waals surface area contributed by atoms with Crippen molar-refractivity contribution in [3.05, 3.63) is 24.2 Å². The molecule has 144 valence electrons. The molecule has 2 fully saturated rings. The number of likely N-dealkylation sites (tertiary alicyclic amines) is 1. The predicted octanol–water partition coefficient (Wildman–Crippen LogP) is 1.49. The summed E-state index contributed by atoms with van der Waals surface area (Å²) in [4.78, 5) is 23.4. The number of piperazine rings is 1. The van der Waals surface area contributed by atoms with Crippen LogP contribution in [0.1, 0.15) is 36.2 Å². The molecule has 2 aliphatic rings. The molecule has 0 bridgehead atoms. The Hall–Kier alpha value is -2.02. The van der Waals surface area contributed by atoms with Gasteiger partial charge in [0.15, 0.2) is 11.7 Å². The number of aliphatic imine (C=N–C) groups is 1. The fraction of sp³-hybridized carbons (Fsp3) is 0.684. The van der Waals surface area contributed by atoms with Crippen molar-refractivity contribution in [1.82, 2.24) is 20.0 Å². The van der Waals surface area contributed by atoms with Gasteiger partial charge in [-0.05, 0) is 38.1 Å². The summed E-state index contributed by atoms with van der Waals surface area (Å²) in [6.45, 7) is 7.36. The number of rotatable bonds is 4.